The van der Waals surface area contributed by atoms with Gasteiger partial charge in [-0.15, -0.1) is 0 Å². The fourth-order valence-electron chi connectivity index (χ4n) is 5.08. The smallest absolute Gasteiger partial charge is 0.380 e. The normalized spacial score (nSPS) is 22.4. The van der Waals surface area contributed by atoms with Gasteiger partial charge < -0.3 is 10.1 Å². The number of hydrogen-bond donors (Lipinski definition) is 1. The summed E-state index contributed by atoms with van der Waals surface area (Å²) in [5, 5.41) is 6.12. The molecule has 5 rings (SSSR count). The molecule has 8 nitrogen and oxygen atoms in total. The maximum absolute atomic E-state index is 15.0. The molecule has 1 unspecified atom stereocenters. The van der Waals surface area contributed by atoms with Crippen molar-refractivity contribution in [2.75, 3.05) is 24.8 Å². The molecule has 1 aromatic heterocycles. The van der Waals surface area contributed by atoms with E-state index in [1.54, 1.807) is 0 Å². The van der Waals surface area contributed by atoms with E-state index >= 15 is 4.39 Å². The third-order valence-corrected chi connectivity index (χ3v) is 8.90. The zero-order chi connectivity index (χ0) is 29.3. The summed E-state index contributed by atoms with van der Waals surface area (Å²) in [5.74, 6) is -5.43. The van der Waals surface area contributed by atoms with Crippen LogP contribution in [0.5, 0.6) is 0 Å². The number of carbonyl (C=O) groups excluding carboxylic acids is 2. The van der Waals surface area contributed by atoms with Crippen molar-refractivity contribution >= 4 is 27.2 Å². The van der Waals surface area contributed by atoms with Crippen molar-refractivity contribution in [2.24, 2.45) is 15.7 Å². The minimum atomic E-state index is -5.17. The van der Waals surface area contributed by atoms with E-state index in [-0.39, 0.29) is 36.6 Å². The van der Waals surface area contributed by atoms with E-state index in [0.717, 1.165) is 0 Å². The molecule has 1 saturated heterocycles. The van der Waals surface area contributed by atoms with E-state index in [4.69, 9.17) is 4.74 Å². The second-order valence-corrected chi connectivity index (χ2v) is 13.4. The lowest BCUT2D eigenvalue weighted by Crippen LogP contribution is -2.47. The first-order valence-corrected chi connectivity index (χ1v) is 14.3. The standard InChI is InChI=1S/C25H26F6N4O4S/c1-22(11-24(27,28)12-22)13-35-18(17(25(29,30)31)19(33-35)23(26)6-7-23)21(37)32-15-4-3-5-16(8-15)40(2,38)34-20(36)14-9-39-10-14/h3-5,8,14H,6-7,9-13H2,1-2H3,(H,32,37). The van der Waals surface area contributed by atoms with Gasteiger partial charge in [-0.1, -0.05) is 13.0 Å². The van der Waals surface area contributed by atoms with Gasteiger partial charge in [-0.2, -0.15) is 22.6 Å². The van der Waals surface area contributed by atoms with Gasteiger partial charge in [0.15, 0.2) is 5.67 Å². The first kappa shape index (κ1) is 28.6. The highest BCUT2D eigenvalue weighted by atomic mass is 32.2. The zero-order valence-electron chi connectivity index (χ0n) is 21.5. The summed E-state index contributed by atoms with van der Waals surface area (Å²) in [7, 11) is -3.28. The average molecular weight is 593 g/mol. The van der Waals surface area contributed by atoms with Crippen LogP contribution in [0.4, 0.5) is 32.0 Å². The number of benzene rings is 1. The minimum Gasteiger partial charge on any atom is -0.380 e. The molecule has 0 radical (unpaired) electrons. The second-order valence-electron chi connectivity index (χ2n) is 11.2. The second kappa shape index (κ2) is 9.29. The molecule has 2 saturated carbocycles. The molecule has 2 amide bonds. The van der Waals surface area contributed by atoms with Crippen LogP contribution in [0.25, 0.3) is 0 Å². The summed E-state index contributed by atoms with van der Waals surface area (Å²) in [6.07, 6.45) is -5.64. The molecule has 2 heterocycles. The highest BCUT2D eigenvalue weighted by molar-refractivity contribution is 7.93. The monoisotopic (exact) mass is 592 g/mol. The predicted molar refractivity (Wildman–Crippen MR) is 130 cm³/mol. The van der Waals surface area contributed by atoms with Crippen LogP contribution >= 0.6 is 0 Å². The van der Waals surface area contributed by atoms with Crippen molar-refractivity contribution in [1.29, 1.82) is 0 Å². The number of nitrogens with zero attached hydrogens (tertiary/aromatic N) is 3. The zero-order valence-corrected chi connectivity index (χ0v) is 22.3. The summed E-state index contributed by atoms with van der Waals surface area (Å²) in [6, 6.07) is 5.27. The first-order valence-electron chi connectivity index (χ1n) is 12.4. The minimum absolute atomic E-state index is 0.0361. The predicted octanol–water partition coefficient (Wildman–Crippen LogP) is 5.18. The van der Waals surface area contributed by atoms with Gasteiger partial charge in [-0.05, 0) is 36.5 Å². The molecule has 2 aromatic rings. The van der Waals surface area contributed by atoms with Crippen LogP contribution in [0.2, 0.25) is 0 Å². The van der Waals surface area contributed by atoms with E-state index < -0.39 is 87.0 Å². The molecule has 0 spiro atoms. The number of halogens is 6. The van der Waals surface area contributed by atoms with Gasteiger partial charge in [0.2, 0.25) is 5.92 Å². The number of ether oxygens (including phenoxy) is 1. The average Bonchev–Trinajstić information content (AvgIpc) is 3.37. The van der Waals surface area contributed by atoms with Crippen LogP contribution in [0.1, 0.15) is 54.4 Å². The number of carbonyl (C=O) groups is 2. The van der Waals surface area contributed by atoms with Gasteiger partial charge in [0.1, 0.15) is 17.0 Å². The SMILES string of the molecule is CC1(Cn2nc(C3(F)CC3)c(C(F)(F)F)c2C(=O)Nc2cccc(S(C)(=O)=NC(=O)C3COC3)c2)CC(F)(F)C1. The Morgan fingerprint density at radius 3 is 2.38 bits per heavy atom. The maximum Gasteiger partial charge on any atom is 0.420 e. The Kier molecular flexibility index (Phi) is 6.64. The lowest BCUT2D eigenvalue weighted by atomic mass is 9.67. The van der Waals surface area contributed by atoms with Crippen molar-refractivity contribution in [3.05, 3.63) is 41.2 Å². The summed E-state index contributed by atoms with van der Waals surface area (Å²) in [6.45, 7) is 1.29. The molecule has 1 atom stereocenters. The molecular formula is C25H26F6N4O4S. The van der Waals surface area contributed by atoms with Gasteiger partial charge in [0.25, 0.3) is 11.8 Å². The summed E-state index contributed by atoms with van der Waals surface area (Å²) >= 11 is 0. The number of nitrogens with one attached hydrogen (secondary N) is 1. The Morgan fingerprint density at radius 2 is 1.85 bits per heavy atom. The number of alkyl halides is 6. The van der Waals surface area contributed by atoms with Crippen molar-refractivity contribution in [1.82, 2.24) is 9.78 Å². The number of anilines is 1. The fraction of sp³-hybridized carbons (Fsp3) is 0.560. The fourth-order valence-corrected chi connectivity index (χ4v) is 6.36. The number of rotatable bonds is 7. The molecule has 2 aliphatic carbocycles. The number of hydrogen-bond acceptors (Lipinski definition) is 5. The molecule has 40 heavy (non-hydrogen) atoms. The van der Waals surface area contributed by atoms with Crippen molar-refractivity contribution in [3.63, 3.8) is 0 Å². The Bertz CT molecular complexity index is 1490. The van der Waals surface area contributed by atoms with Gasteiger partial charge >= 0.3 is 6.18 Å². The van der Waals surface area contributed by atoms with Crippen LogP contribution < -0.4 is 5.32 Å². The lowest BCUT2D eigenvalue weighted by molar-refractivity contribution is -0.160. The number of aromatic nitrogens is 2. The summed E-state index contributed by atoms with van der Waals surface area (Å²) in [5.41, 5.74) is -7.11. The topological polar surface area (TPSA) is 103 Å². The van der Waals surface area contributed by atoms with Gasteiger partial charge in [-0.25, -0.2) is 17.4 Å². The summed E-state index contributed by atoms with van der Waals surface area (Å²) in [4.78, 5) is 25.6. The lowest BCUT2D eigenvalue weighted by Gasteiger charge is -2.44. The molecule has 3 fully saturated rings. The molecule has 3 aliphatic rings. The molecule has 1 N–H and O–H groups in total. The largest absolute Gasteiger partial charge is 0.420 e. The van der Waals surface area contributed by atoms with Crippen LogP contribution in [-0.2, 0) is 37.7 Å². The molecule has 218 valence electrons. The third-order valence-electron chi connectivity index (χ3n) is 7.25. The third kappa shape index (κ3) is 5.49. The van der Waals surface area contributed by atoms with Crippen LogP contribution in [0, 0.1) is 11.3 Å². The van der Waals surface area contributed by atoms with E-state index in [0.29, 0.717) is 4.68 Å². The van der Waals surface area contributed by atoms with E-state index in [1.165, 1.54) is 37.4 Å². The van der Waals surface area contributed by atoms with E-state index in [9.17, 15) is 35.8 Å². The van der Waals surface area contributed by atoms with Crippen molar-refractivity contribution < 1.29 is 44.9 Å². The molecule has 1 aromatic carbocycles. The Morgan fingerprint density at radius 1 is 1.20 bits per heavy atom. The van der Waals surface area contributed by atoms with Crippen molar-refractivity contribution in [2.45, 2.75) is 61.8 Å². The van der Waals surface area contributed by atoms with E-state index in [2.05, 4.69) is 14.8 Å². The Labute approximate surface area is 225 Å². The summed E-state index contributed by atoms with van der Waals surface area (Å²) < 4.78 is 108. The quantitative estimate of drug-likeness (QED) is 0.447. The number of amides is 2. The van der Waals surface area contributed by atoms with Gasteiger partial charge in [0, 0.05) is 36.2 Å². The van der Waals surface area contributed by atoms with Crippen LogP contribution in [-0.4, -0.2) is 51.2 Å². The highest BCUT2D eigenvalue weighted by Gasteiger charge is 2.57. The molecule has 15 heteroatoms. The highest BCUT2D eigenvalue weighted by Crippen LogP contribution is 2.55. The molecule has 0 bridgehead atoms. The van der Waals surface area contributed by atoms with E-state index in [1.807, 2.05) is 0 Å². The maximum atomic E-state index is 15.0. The first-order chi connectivity index (χ1) is 18.4. The molecule has 1 aliphatic heterocycles. The Hall–Kier alpha value is -2.94. The van der Waals surface area contributed by atoms with Crippen LogP contribution in [0.15, 0.2) is 33.5 Å². The van der Waals surface area contributed by atoms with Gasteiger partial charge in [-0.3, -0.25) is 14.3 Å². The van der Waals surface area contributed by atoms with Crippen LogP contribution in [0.3, 0.4) is 0 Å². The van der Waals surface area contributed by atoms with Gasteiger partial charge in [0.05, 0.1) is 28.9 Å². The Balaban J connectivity index is 1.50. The van der Waals surface area contributed by atoms with Crippen molar-refractivity contribution in [3.8, 4) is 0 Å². The molecular weight excluding hydrogens is 566 g/mol.